The van der Waals surface area contributed by atoms with E-state index in [0.29, 0.717) is 38.3 Å². The highest BCUT2D eigenvalue weighted by molar-refractivity contribution is 5.93. The number of pyridine rings is 1. The van der Waals surface area contributed by atoms with Crippen LogP contribution in [0.2, 0.25) is 0 Å². The fourth-order valence-electron chi connectivity index (χ4n) is 3.40. The van der Waals surface area contributed by atoms with Gasteiger partial charge in [-0.3, -0.25) is 19.6 Å². The topological polar surface area (TPSA) is 99.2 Å². The maximum absolute atomic E-state index is 12.4. The largest absolute Gasteiger partial charge is 0.368 e. The first-order valence-corrected chi connectivity index (χ1v) is 9.73. The number of hydrogen-bond acceptors (Lipinski definition) is 5. The summed E-state index contributed by atoms with van der Waals surface area (Å²) in [7, 11) is 1.74. The molecule has 0 aliphatic carbocycles. The second-order valence-electron chi connectivity index (χ2n) is 6.79. The fourth-order valence-corrected chi connectivity index (χ4v) is 3.40. The molecule has 3 heterocycles. The average molecular weight is 388 g/mol. The standard InChI is InChI=1S/C19H28N6O3/c1-20-19(23-8-7-22-17(26)15-4-2-6-21-14-15)25-11-9-24(10-12-25)18(27)16-5-3-13-28-16/h2,4,6,14,16H,3,5,7-13H2,1H3,(H,20,23)(H,22,26). The average Bonchev–Trinajstić information content (AvgIpc) is 3.29. The van der Waals surface area contributed by atoms with Crippen LogP contribution < -0.4 is 10.6 Å². The van der Waals surface area contributed by atoms with Crippen molar-refractivity contribution in [2.24, 2.45) is 4.99 Å². The van der Waals surface area contributed by atoms with E-state index in [2.05, 4.69) is 25.5 Å². The van der Waals surface area contributed by atoms with Gasteiger partial charge in [0.05, 0.1) is 5.56 Å². The SMILES string of the molecule is CN=C(NCCNC(=O)c1cccnc1)N1CCN(C(=O)C2CCCO2)CC1. The highest BCUT2D eigenvalue weighted by atomic mass is 16.5. The highest BCUT2D eigenvalue weighted by Gasteiger charge is 2.30. The fraction of sp³-hybridized carbons (Fsp3) is 0.579. The Kier molecular flexibility index (Phi) is 7.18. The van der Waals surface area contributed by atoms with Crippen molar-refractivity contribution in [1.82, 2.24) is 25.4 Å². The minimum Gasteiger partial charge on any atom is -0.368 e. The van der Waals surface area contributed by atoms with Crippen molar-refractivity contribution in [3.63, 3.8) is 0 Å². The molecule has 2 aliphatic heterocycles. The molecule has 28 heavy (non-hydrogen) atoms. The van der Waals surface area contributed by atoms with Crippen molar-refractivity contribution in [1.29, 1.82) is 0 Å². The van der Waals surface area contributed by atoms with Crippen LogP contribution in [0.1, 0.15) is 23.2 Å². The lowest BCUT2D eigenvalue weighted by atomic mass is 10.2. The second kappa shape index (κ2) is 10.0. The lowest BCUT2D eigenvalue weighted by molar-refractivity contribution is -0.142. The van der Waals surface area contributed by atoms with Crippen LogP contribution in [0.15, 0.2) is 29.5 Å². The van der Waals surface area contributed by atoms with E-state index in [9.17, 15) is 9.59 Å². The summed E-state index contributed by atoms with van der Waals surface area (Å²) < 4.78 is 5.50. The van der Waals surface area contributed by atoms with Gasteiger partial charge < -0.3 is 25.2 Å². The Morgan fingerprint density at radius 1 is 1.21 bits per heavy atom. The number of piperazine rings is 1. The first kappa shape index (κ1) is 20.1. The van der Waals surface area contributed by atoms with Crippen molar-refractivity contribution >= 4 is 17.8 Å². The van der Waals surface area contributed by atoms with E-state index in [1.807, 2.05) is 4.90 Å². The Balaban J connectivity index is 1.37. The third-order valence-electron chi connectivity index (χ3n) is 4.93. The van der Waals surface area contributed by atoms with Crippen LogP contribution in [0.4, 0.5) is 0 Å². The number of carbonyl (C=O) groups is 2. The predicted octanol–water partition coefficient (Wildman–Crippen LogP) is -0.290. The quantitative estimate of drug-likeness (QED) is 0.409. The van der Waals surface area contributed by atoms with Gasteiger partial charge in [-0.25, -0.2) is 0 Å². The molecule has 1 unspecified atom stereocenters. The number of carbonyl (C=O) groups excluding carboxylic acids is 2. The molecule has 0 saturated carbocycles. The normalized spacial score (nSPS) is 20.2. The molecule has 2 saturated heterocycles. The van der Waals surface area contributed by atoms with Gasteiger partial charge in [0.2, 0.25) is 0 Å². The smallest absolute Gasteiger partial charge is 0.252 e. The Morgan fingerprint density at radius 2 is 1.96 bits per heavy atom. The lowest BCUT2D eigenvalue weighted by Gasteiger charge is -2.37. The molecular weight excluding hydrogens is 360 g/mol. The number of rotatable bonds is 5. The van der Waals surface area contributed by atoms with Gasteiger partial charge >= 0.3 is 0 Å². The lowest BCUT2D eigenvalue weighted by Crippen LogP contribution is -2.55. The minimum absolute atomic E-state index is 0.109. The van der Waals surface area contributed by atoms with Crippen LogP contribution in [0.5, 0.6) is 0 Å². The molecule has 1 aromatic heterocycles. The predicted molar refractivity (Wildman–Crippen MR) is 105 cm³/mol. The van der Waals surface area contributed by atoms with E-state index in [-0.39, 0.29) is 17.9 Å². The van der Waals surface area contributed by atoms with Crippen LogP contribution in [-0.4, -0.2) is 91.6 Å². The molecule has 2 aliphatic rings. The highest BCUT2D eigenvalue weighted by Crippen LogP contribution is 2.16. The van der Waals surface area contributed by atoms with Crippen molar-refractivity contribution in [3.05, 3.63) is 30.1 Å². The molecule has 0 bridgehead atoms. The van der Waals surface area contributed by atoms with Gasteiger partial charge in [0.1, 0.15) is 6.10 Å². The number of aromatic nitrogens is 1. The number of aliphatic imine (C=N–C) groups is 1. The van der Waals surface area contributed by atoms with Gasteiger partial charge in [0, 0.05) is 65.3 Å². The van der Waals surface area contributed by atoms with Gasteiger partial charge in [0.25, 0.3) is 11.8 Å². The van der Waals surface area contributed by atoms with Crippen LogP contribution in [0, 0.1) is 0 Å². The number of nitrogens with zero attached hydrogens (tertiary/aromatic N) is 4. The Labute approximate surface area is 165 Å². The molecule has 0 aromatic carbocycles. The molecule has 2 N–H and O–H groups in total. The van der Waals surface area contributed by atoms with E-state index in [1.54, 1.807) is 31.6 Å². The first-order valence-electron chi connectivity index (χ1n) is 9.73. The molecule has 1 atom stereocenters. The maximum atomic E-state index is 12.4. The summed E-state index contributed by atoms with van der Waals surface area (Å²) in [5.74, 6) is 0.740. The first-order chi connectivity index (χ1) is 13.7. The number of ether oxygens (including phenoxy) is 1. The Morgan fingerprint density at radius 3 is 2.61 bits per heavy atom. The van der Waals surface area contributed by atoms with Gasteiger partial charge in [-0.2, -0.15) is 0 Å². The van der Waals surface area contributed by atoms with Crippen LogP contribution >= 0.6 is 0 Å². The molecular formula is C19H28N6O3. The molecule has 9 heteroatoms. The van der Waals surface area contributed by atoms with E-state index < -0.39 is 0 Å². The van der Waals surface area contributed by atoms with Crippen molar-refractivity contribution in [2.45, 2.75) is 18.9 Å². The number of guanidine groups is 1. The number of hydrogen-bond donors (Lipinski definition) is 2. The Hall–Kier alpha value is -2.68. The Bertz CT molecular complexity index is 682. The summed E-state index contributed by atoms with van der Waals surface area (Å²) in [6.07, 6.45) is 4.71. The molecule has 2 fully saturated rings. The summed E-state index contributed by atoms with van der Waals surface area (Å²) >= 11 is 0. The third-order valence-corrected chi connectivity index (χ3v) is 4.93. The molecule has 0 spiro atoms. The number of amides is 2. The monoisotopic (exact) mass is 388 g/mol. The van der Waals surface area contributed by atoms with Crippen LogP contribution in [-0.2, 0) is 9.53 Å². The van der Waals surface area contributed by atoms with Gasteiger partial charge in [-0.15, -0.1) is 0 Å². The van der Waals surface area contributed by atoms with Crippen molar-refractivity contribution in [2.75, 3.05) is 52.9 Å². The van der Waals surface area contributed by atoms with E-state index in [4.69, 9.17) is 4.74 Å². The molecule has 9 nitrogen and oxygen atoms in total. The zero-order valence-corrected chi connectivity index (χ0v) is 16.3. The molecule has 0 radical (unpaired) electrons. The third kappa shape index (κ3) is 5.19. The maximum Gasteiger partial charge on any atom is 0.252 e. The minimum atomic E-state index is -0.257. The zero-order chi connectivity index (χ0) is 19.8. The van der Waals surface area contributed by atoms with Crippen molar-refractivity contribution in [3.8, 4) is 0 Å². The van der Waals surface area contributed by atoms with Crippen LogP contribution in [0.3, 0.4) is 0 Å². The van der Waals surface area contributed by atoms with Gasteiger partial charge in [-0.1, -0.05) is 0 Å². The van der Waals surface area contributed by atoms with Gasteiger partial charge in [0.15, 0.2) is 5.96 Å². The van der Waals surface area contributed by atoms with E-state index in [0.717, 1.165) is 31.9 Å². The number of nitrogens with one attached hydrogen (secondary N) is 2. The van der Waals surface area contributed by atoms with E-state index >= 15 is 0 Å². The summed E-state index contributed by atoms with van der Waals surface area (Å²) in [6.45, 7) is 4.50. The van der Waals surface area contributed by atoms with E-state index in [1.165, 1.54) is 0 Å². The van der Waals surface area contributed by atoms with Crippen molar-refractivity contribution < 1.29 is 14.3 Å². The zero-order valence-electron chi connectivity index (χ0n) is 16.3. The van der Waals surface area contributed by atoms with Gasteiger partial charge in [-0.05, 0) is 25.0 Å². The molecule has 152 valence electrons. The summed E-state index contributed by atoms with van der Waals surface area (Å²) in [6, 6.07) is 3.46. The summed E-state index contributed by atoms with van der Waals surface area (Å²) in [5, 5.41) is 6.12. The summed E-state index contributed by atoms with van der Waals surface area (Å²) in [5.41, 5.74) is 0.541. The van der Waals surface area contributed by atoms with Crippen LogP contribution in [0.25, 0.3) is 0 Å². The summed E-state index contributed by atoms with van der Waals surface area (Å²) in [4.78, 5) is 36.7. The molecule has 2 amide bonds. The molecule has 1 aromatic rings. The molecule has 3 rings (SSSR count). The second-order valence-corrected chi connectivity index (χ2v) is 6.79.